The van der Waals surface area contributed by atoms with Crippen molar-refractivity contribution in [3.05, 3.63) is 25.3 Å². The molecular formula is C9H10AgO4-2. The van der Waals surface area contributed by atoms with E-state index in [9.17, 15) is 19.8 Å². The molecule has 0 heterocycles. The standard InChI is InChI=1S/C9H12O4.Ag/c1-3-5-9(6-4-2,7(10)11)8(12)13;/h3-4H,1-2,5-6H2,(H,10,11)(H,12,13);/p-2. The molecule has 0 spiro atoms. The van der Waals surface area contributed by atoms with Gasteiger partial charge in [-0.1, -0.05) is 12.2 Å². The van der Waals surface area contributed by atoms with Crippen molar-refractivity contribution in [2.24, 2.45) is 5.41 Å². The number of carboxylic acids is 2. The topological polar surface area (TPSA) is 80.3 Å². The Balaban J connectivity index is 0. The van der Waals surface area contributed by atoms with E-state index in [2.05, 4.69) is 13.2 Å². The number of hydrogen-bond donors (Lipinski definition) is 0. The summed E-state index contributed by atoms with van der Waals surface area (Å²) in [4.78, 5) is 21.2. The van der Waals surface area contributed by atoms with Gasteiger partial charge in [-0.15, -0.1) is 13.2 Å². The number of hydrogen-bond acceptors (Lipinski definition) is 4. The smallest absolute Gasteiger partial charge is 0.0562 e. The molecule has 0 saturated heterocycles. The minimum Gasteiger partial charge on any atom is -0.549 e. The van der Waals surface area contributed by atoms with Crippen molar-refractivity contribution >= 4 is 11.9 Å². The molecule has 1 radical (unpaired) electrons. The molecule has 0 aliphatic heterocycles. The van der Waals surface area contributed by atoms with Crippen LogP contribution in [0.3, 0.4) is 0 Å². The molecule has 0 N–H and O–H groups in total. The molecule has 0 saturated carbocycles. The fourth-order valence-electron chi connectivity index (χ4n) is 0.993. The van der Waals surface area contributed by atoms with Crippen molar-refractivity contribution in [1.29, 1.82) is 0 Å². The average molecular weight is 290 g/mol. The summed E-state index contributed by atoms with van der Waals surface area (Å²) in [5.74, 6) is -3.35. The van der Waals surface area contributed by atoms with Crippen molar-refractivity contribution < 1.29 is 42.2 Å². The molecule has 0 atom stereocenters. The van der Waals surface area contributed by atoms with E-state index in [4.69, 9.17) is 0 Å². The van der Waals surface area contributed by atoms with Gasteiger partial charge in [0.25, 0.3) is 0 Å². The van der Waals surface area contributed by atoms with Crippen LogP contribution in [-0.4, -0.2) is 11.9 Å². The van der Waals surface area contributed by atoms with Gasteiger partial charge in [-0.2, -0.15) is 0 Å². The second-order valence-corrected chi connectivity index (χ2v) is 2.64. The van der Waals surface area contributed by atoms with E-state index in [0.29, 0.717) is 0 Å². The maximum atomic E-state index is 10.6. The number of carboxylic acid groups (broad SMARTS) is 2. The van der Waals surface area contributed by atoms with E-state index in [1.807, 2.05) is 0 Å². The van der Waals surface area contributed by atoms with Crippen molar-refractivity contribution in [3.63, 3.8) is 0 Å². The Hall–Kier alpha value is -0.840. The molecule has 0 amide bonds. The van der Waals surface area contributed by atoms with Crippen LogP contribution in [0.1, 0.15) is 12.8 Å². The van der Waals surface area contributed by atoms with Crippen LogP contribution in [0, 0.1) is 5.41 Å². The molecule has 4 nitrogen and oxygen atoms in total. The maximum absolute atomic E-state index is 10.6. The third-order valence-electron chi connectivity index (χ3n) is 1.77. The first-order valence-electron chi connectivity index (χ1n) is 3.66. The molecule has 0 rings (SSSR count). The molecule has 0 aliphatic carbocycles. The summed E-state index contributed by atoms with van der Waals surface area (Å²) >= 11 is 0. The van der Waals surface area contributed by atoms with Crippen molar-refractivity contribution in [2.45, 2.75) is 12.8 Å². The molecule has 0 bridgehead atoms. The number of carbonyl (C=O) groups is 2. The van der Waals surface area contributed by atoms with E-state index in [1.165, 1.54) is 12.2 Å². The van der Waals surface area contributed by atoms with Gasteiger partial charge >= 0.3 is 0 Å². The quantitative estimate of drug-likeness (QED) is 0.343. The van der Waals surface area contributed by atoms with Gasteiger partial charge in [-0.05, 0) is 12.8 Å². The zero-order chi connectivity index (χ0) is 10.5. The molecule has 0 unspecified atom stereocenters. The van der Waals surface area contributed by atoms with Crippen LogP contribution in [0.2, 0.25) is 0 Å². The Labute approximate surface area is 97.8 Å². The van der Waals surface area contributed by atoms with Crippen LogP contribution in [-0.2, 0) is 32.0 Å². The summed E-state index contributed by atoms with van der Waals surface area (Å²) in [6.07, 6.45) is 1.94. The summed E-state index contributed by atoms with van der Waals surface area (Å²) in [6.45, 7) is 6.55. The molecule has 83 valence electrons. The third kappa shape index (κ3) is 3.14. The van der Waals surface area contributed by atoms with Gasteiger partial charge in [0.15, 0.2) is 0 Å². The largest absolute Gasteiger partial charge is 0.549 e. The molecular weight excluding hydrogens is 280 g/mol. The predicted molar refractivity (Wildman–Crippen MR) is 42.1 cm³/mol. The summed E-state index contributed by atoms with van der Waals surface area (Å²) < 4.78 is 0. The van der Waals surface area contributed by atoms with Crippen LogP contribution >= 0.6 is 0 Å². The van der Waals surface area contributed by atoms with Gasteiger partial charge in [0, 0.05) is 22.4 Å². The Morgan fingerprint density at radius 1 is 1.07 bits per heavy atom. The van der Waals surface area contributed by atoms with Gasteiger partial charge < -0.3 is 19.8 Å². The van der Waals surface area contributed by atoms with Crippen molar-refractivity contribution in [2.75, 3.05) is 0 Å². The zero-order valence-electron chi connectivity index (χ0n) is 7.42. The average Bonchev–Trinajstić information content (AvgIpc) is 2.03. The second kappa shape index (κ2) is 6.59. The Kier molecular flexibility index (Phi) is 7.35. The molecule has 14 heavy (non-hydrogen) atoms. The molecule has 0 aromatic carbocycles. The fraction of sp³-hybridized carbons (Fsp3) is 0.333. The number of carbonyl (C=O) groups excluding carboxylic acids is 2. The molecule has 0 fully saturated rings. The molecule has 0 aromatic heterocycles. The summed E-state index contributed by atoms with van der Waals surface area (Å²) in [5.41, 5.74) is -2.02. The van der Waals surface area contributed by atoms with E-state index < -0.39 is 17.4 Å². The van der Waals surface area contributed by atoms with Crippen LogP contribution in [0.25, 0.3) is 0 Å². The summed E-state index contributed by atoms with van der Waals surface area (Å²) in [5, 5.41) is 21.2. The van der Waals surface area contributed by atoms with Gasteiger partial charge in [0.1, 0.15) is 0 Å². The van der Waals surface area contributed by atoms with E-state index in [0.717, 1.165) is 0 Å². The van der Waals surface area contributed by atoms with E-state index >= 15 is 0 Å². The zero-order valence-corrected chi connectivity index (χ0v) is 8.90. The number of rotatable bonds is 6. The first kappa shape index (κ1) is 15.6. The van der Waals surface area contributed by atoms with Crippen LogP contribution < -0.4 is 10.2 Å². The van der Waals surface area contributed by atoms with Gasteiger partial charge in [0.2, 0.25) is 0 Å². The van der Waals surface area contributed by atoms with Crippen LogP contribution in [0.5, 0.6) is 0 Å². The monoisotopic (exact) mass is 289 g/mol. The summed E-state index contributed by atoms with van der Waals surface area (Å²) in [7, 11) is 0. The Morgan fingerprint density at radius 2 is 1.36 bits per heavy atom. The van der Waals surface area contributed by atoms with Crippen molar-refractivity contribution in [1.82, 2.24) is 0 Å². The maximum Gasteiger partial charge on any atom is 0.0562 e. The van der Waals surface area contributed by atoms with Gasteiger partial charge in [-0.3, -0.25) is 0 Å². The summed E-state index contributed by atoms with van der Waals surface area (Å²) in [6, 6.07) is 0. The molecule has 0 aromatic rings. The first-order valence-corrected chi connectivity index (χ1v) is 3.66. The predicted octanol–water partition coefficient (Wildman–Crippen LogP) is -1.38. The van der Waals surface area contributed by atoms with Crippen LogP contribution in [0.15, 0.2) is 25.3 Å². The number of allylic oxidation sites excluding steroid dienone is 2. The Morgan fingerprint density at radius 3 is 1.50 bits per heavy atom. The van der Waals surface area contributed by atoms with E-state index in [1.54, 1.807) is 0 Å². The van der Waals surface area contributed by atoms with Crippen LogP contribution in [0.4, 0.5) is 0 Å². The minimum absolute atomic E-state index is 0. The first-order chi connectivity index (χ1) is 6.01. The SMILES string of the molecule is C=CCC(CC=C)(C(=O)[O-])C(=O)[O-].[Ag]. The van der Waals surface area contributed by atoms with E-state index in [-0.39, 0.29) is 35.2 Å². The van der Waals surface area contributed by atoms with Crippen molar-refractivity contribution in [3.8, 4) is 0 Å². The normalized spacial score (nSPS) is 9.71. The minimum atomic E-state index is -2.02. The Bertz CT molecular complexity index is 221. The third-order valence-corrected chi connectivity index (χ3v) is 1.77. The molecule has 5 heteroatoms. The number of aliphatic carboxylic acids is 2. The van der Waals surface area contributed by atoms with Gasteiger partial charge in [-0.25, -0.2) is 0 Å². The fourth-order valence-corrected chi connectivity index (χ4v) is 0.993. The molecule has 0 aliphatic rings. The second-order valence-electron chi connectivity index (χ2n) is 2.64. The van der Waals surface area contributed by atoms with Gasteiger partial charge in [0.05, 0.1) is 17.4 Å².